The van der Waals surface area contributed by atoms with Crippen LogP contribution in [0.25, 0.3) is 0 Å². The summed E-state index contributed by atoms with van der Waals surface area (Å²) >= 11 is 0. The van der Waals surface area contributed by atoms with Crippen LogP contribution in [0.5, 0.6) is 11.5 Å². The molecule has 2 heterocycles. The van der Waals surface area contributed by atoms with E-state index in [9.17, 15) is 9.90 Å². The molecule has 3 aromatic rings. The average Bonchev–Trinajstić information content (AvgIpc) is 2.87. The van der Waals surface area contributed by atoms with Crippen LogP contribution in [0, 0.1) is 11.8 Å². The van der Waals surface area contributed by atoms with Gasteiger partial charge in [-0.05, 0) is 62.4 Å². The molecule has 1 saturated heterocycles. The van der Waals surface area contributed by atoms with Gasteiger partial charge in [0, 0.05) is 11.5 Å². The fourth-order valence-electron chi connectivity index (χ4n) is 5.38. The van der Waals surface area contributed by atoms with Gasteiger partial charge in [0.1, 0.15) is 23.7 Å². The number of carboxylic acid groups (broad SMARTS) is 1. The number of benzene rings is 3. The minimum Gasteiger partial charge on any atom is -0.489 e. The predicted octanol–water partition coefficient (Wildman–Crippen LogP) is 6.22. The van der Waals surface area contributed by atoms with Crippen molar-refractivity contribution in [3.63, 3.8) is 0 Å². The van der Waals surface area contributed by atoms with Crippen LogP contribution < -0.4 is 9.47 Å². The highest BCUT2D eigenvalue weighted by atomic mass is 16.5. The van der Waals surface area contributed by atoms with E-state index in [2.05, 4.69) is 12.1 Å². The van der Waals surface area contributed by atoms with Gasteiger partial charge >= 0.3 is 5.97 Å². The number of ether oxygens (including phenoxy) is 3. The number of aryl methyl sites for hydroxylation is 1. The second-order valence-electron chi connectivity index (χ2n) is 10.1. The molecule has 5 heteroatoms. The quantitative estimate of drug-likeness (QED) is 0.442. The zero-order chi connectivity index (χ0) is 24.4. The molecule has 0 saturated carbocycles. The summed E-state index contributed by atoms with van der Waals surface area (Å²) in [5, 5.41) is 10.0. The Hall–Kier alpha value is -3.31. The largest absolute Gasteiger partial charge is 0.489 e. The third-order valence-electron chi connectivity index (χ3n) is 7.32. The lowest BCUT2D eigenvalue weighted by atomic mass is 9.71. The Kier molecular flexibility index (Phi) is 6.52. The summed E-state index contributed by atoms with van der Waals surface area (Å²) in [7, 11) is 0. The summed E-state index contributed by atoms with van der Waals surface area (Å²) in [4.78, 5) is 12.2. The van der Waals surface area contributed by atoms with Crippen molar-refractivity contribution in [2.75, 3.05) is 0 Å². The first-order chi connectivity index (χ1) is 16.9. The van der Waals surface area contributed by atoms with E-state index in [1.165, 1.54) is 5.56 Å². The molecule has 35 heavy (non-hydrogen) atoms. The SMILES string of the molecule is CC1(C)Oc2ccc(OCc3ccccc3)cc2[C@H]2O[C@@H](CCc3ccccc3)[C@H](C(=O)O)C[C@@H]21. The maximum atomic E-state index is 12.2. The number of aliphatic carboxylic acids is 1. The van der Waals surface area contributed by atoms with Crippen LogP contribution in [0.2, 0.25) is 0 Å². The monoisotopic (exact) mass is 472 g/mol. The molecule has 0 unspecified atom stereocenters. The van der Waals surface area contributed by atoms with Crippen LogP contribution in [0.15, 0.2) is 78.9 Å². The molecule has 4 atom stereocenters. The lowest BCUT2D eigenvalue weighted by Gasteiger charge is -2.50. The highest BCUT2D eigenvalue weighted by Crippen LogP contribution is 2.53. The van der Waals surface area contributed by atoms with Gasteiger partial charge in [0.15, 0.2) is 0 Å². The number of hydrogen-bond donors (Lipinski definition) is 1. The van der Waals surface area contributed by atoms with Gasteiger partial charge in [-0.2, -0.15) is 0 Å². The summed E-state index contributed by atoms with van der Waals surface area (Å²) in [5.41, 5.74) is 2.68. The lowest BCUT2D eigenvalue weighted by molar-refractivity contribution is -0.188. The first-order valence-electron chi connectivity index (χ1n) is 12.3. The van der Waals surface area contributed by atoms with Gasteiger partial charge in [0.25, 0.3) is 0 Å². The average molecular weight is 473 g/mol. The van der Waals surface area contributed by atoms with Crippen LogP contribution in [0.1, 0.15) is 49.5 Å². The minimum atomic E-state index is -0.803. The molecule has 3 aromatic carbocycles. The van der Waals surface area contributed by atoms with Crippen molar-refractivity contribution in [3.05, 3.63) is 95.6 Å². The Morgan fingerprint density at radius 2 is 1.69 bits per heavy atom. The summed E-state index contributed by atoms with van der Waals surface area (Å²) in [6, 6.07) is 26.1. The third-order valence-corrected chi connectivity index (χ3v) is 7.32. The summed E-state index contributed by atoms with van der Waals surface area (Å²) < 4.78 is 19.1. The molecular formula is C30H32O5. The number of carbonyl (C=O) groups is 1. The van der Waals surface area contributed by atoms with E-state index in [1.807, 2.05) is 80.6 Å². The molecular weight excluding hydrogens is 440 g/mol. The molecule has 0 amide bonds. The van der Waals surface area contributed by atoms with E-state index in [0.29, 0.717) is 19.4 Å². The number of fused-ring (bicyclic) bond motifs is 3. The fourth-order valence-corrected chi connectivity index (χ4v) is 5.38. The van der Waals surface area contributed by atoms with Crippen molar-refractivity contribution in [1.29, 1.82) is 0 Å². The van der Waals surface area contributed by atoms with Crippen molar-refractivity contribution in [3.8, 4) is 11.5 Å². The molecule has 182 valence electrons. The standard InChI is InChI=1S/C30H32O5/c1-30(2)25-18-24(29(31)32)26(15-13-20-9-5-3-6-10-20)34-28(25)23-17-22(14-16-27(23)35-30)33-19-21-11-7-4-8-12-21/h3-12,14,16-17,24-26,28H,13,15,18-19H2,1-2H3,(H,31,32)/t24-,25+,26+,28-/m1/s1. The molecule has 5 nitrogen and oxygen atoms in total. The second-order valence-corrected chi connectivity index (χ2v) is 10.1. The van der Waals surface area contributed by atoms with Crippen LogP contribution in [-0.4, -0.2) is 22.8 Å². The zero-order valence-corrected chi connectivity index (χ0v) is 20.2. The number of carboxylic acids is 1. The topological polar surface area (TPSA) is 65.0 Å². The molecule has 0 spiro atoms. The lowest BCUT2D eigenvalue weighted by Crippen LogP contribution is -2.52. The van der Waals surface area contributed by atoms with Crippen LogP contribution >= 0.6 is 0 Å². The van der Waals surface area contributed by atoms with E-state index < -0.39 is 17.5 Å². The zero-order valence-electron chi connectivity index (χ0n) is 20.2. The van der Waals surface area contributed by atoms with E-state index in [1.54, 1.807) is 0 Å². The highest BCUT2D eigenvalue weighted by molar-refractivity contribution is 5.71. The molecule has 2 aliphatic heterocycles. The predicted molar refractivity (Wildman–Crippen MR) is 134 cm³/mol. The van der Waals surface area contributed by atoms with Crippen molar-refractivity contribution < 1.29 is 24.1 Å². The maximum Gasteiger partial charge on any atom is 0.309 e. The number of hydrogen-bond acceptors (Lipinski definition) is 4. The van der Waals surface area contributed by atoms with Gasteiger partial charge in [0.2, 0.25) is 0 Å². The first kappa shape index (κ1) is 23.4. The highest BCUT2D eigenvalue weighted by Gasteiger charge is 2.52. The molecule has 5 rings (SSSR count). The molecule has 1 fully saturated rings. The Balaban J connectivity index is 1.40. The van der Waals surface area contributed by atoms with Crippen molar-refractivity contribution in [1.82, 2.24) is 0 Å². The van der Waals surface area contributed by atoms with E-state index in [4.69, 9.17) is 14.2 Å². The van der Waals surface area contributed by atoms with E-state index >= 15 is 0 Å². The fraction of sp³-hybridized carbons (Fsp3) is 0.367. The maximum absolute atomic E-state index is 12.2. The minimum absolute atomic E-state index is 0.0755. The van der Waals surface area contributed by atoms with Gasteiger partial charge in [-0.1, -0.05) is 60.7 Å². The van der Waals surface area contributed by atoms with Gasteiger partial charge < -0.3 is 19.3 Å². The second kappa shape index (κ2) is 9.74. The summed E-state index contributed by atoms with van der Waals surface area (Å²) in [5.74, 6) is 0.0803. The summed E-state index contributed by atoms with van der Waals surface area (Å²) in [6.45, 7) is 4.53. The van der Waals surface area contributed by atoms with E-state index in [0.717, 1.165) is 29.0 Å². The Labute approximate surface area is 206 Å². The van der Waals surface area contributed by atoms with Crippen molar-refractivity contribution in [2.45, 2.75) is 57.5 Å². The molecule has 0 aromatic heterocycles. The van der Waals surface area contributed by atoms with Crippen LogP contribution in [-0.2, 0) is 22.6 Å². The normalized spacial score (nSPS) is 24.5. The Morgan fingerprint density at radius 1 is 1.00 bits per heavy atom. The van der Waals surface area contributed by atoms with Crippen LogP contribution in [0.4, 0.5) is 0 Å². The molecule has 2 aliphatic rings. The van der Waals surface area contributed by atoms with Crippen molar-refractivity contribution in [2.24, 2.45) is 11.8 Å². The van der Waals surface area contributed by atoms with Gasteiger partial charge in [-0.15, -0.1) is 0 Å². The first-order valence-corrected chi connectivity index (χ1v) is 12.3. The van der Waals surface area contributed by atoms with E-state index in [-0.39, 0.29) is 18.1 Å². The third kappa shape index (κ3) is 5.06. The molecule has 0 radical (unpaired) electrons. The number of rotatable bonds is 7. The van der Waals surface area contributed by atoms with Gasteiger partial charge in [-0.3, -0.25) is 4.79 Å². The van der Waals surface area contributed by atoms with Crippen LogP contribution in [0.3, 0.4) is 0 Å². The molecule has 0 aliphatic carbocycles. The Bertz CT molecular complexity index is 1160. The molecule has 0 bridgehead atoms. The van der Waals surface area contributed by atoms with Gasteiger partial charge in [-0.25, -0.2) is 0 Å². The Morgan fingerprint density at radius 3 is 2.37 bits per heavy atom. The van der Waals surface area contributed by atoms with Gasteiger partial charge in [0.05, 0.1) is 18.1 Å². The smallest absolute Gasteiger partial charge is 0.309 e. The summed E-state index contributed by atoms with van der Waals surface area (Å²) in [6.07, 6.45) is 1.33. The van der Waals surface area contributed by atoms with Crippen molar-refractivity contribution >= 4 is 5.97 Å². The molecule has 1 N–H and O–H groups in total.